The van der Waals surface area contributed by atoms with Gasteiger partial charge < -0.3 is 10.1 Å². The summed E-state index contributed by atoms with van der Waals surface area (Å²) in [6.45, 7) is -0.330. The summed E-state index contributed by atoms with van der Waals surface area (Å²) in [5.74, 6) is -0.182. The molecule has 0 unspecified atom stereocenters. The molecule has 120 valence electrons. The van der Waals surface area contributed by atoms with Gasteiger partial charge in [0, 0.05) is 11.3 Å². The van der Waals surface area contributed by atoms with E-state index in [1.807, 2.05) is 0 Å². The third-order valence-electron chi connectivity index (χ3n) is 2.86. The van der Waals surface area contributed by atoms with Gasteiger partial charge in [0.25, 0.3) is 5.91 Å². The molecule has 0 radical (unpaired) electrons. The normalized spacial score (nSPS) is 10.9. The van der Waals surface area contributed by atoms with Gasteiger partial charge in [-0.25, -0.2) is 0 Å². The highest BCUT2D eigenvalue weighted by Gasteiger charge is 2.29. The second kappa shape index (κ2) is 6.95. The van der Waals surface area contributed by atoms with Crippen LogP contribution >= 0.6 is 0 Å². The van der Waals surface area contributed by atoms with Gasteiger partial charge in [-0.2, -0.15) is 13.2 Å². The van der Waals surface area contributed by atoms with Crippen LogP contribution in [0.2, 0.25) is 0 Å². The lowest BCUT2D eigenvalue weighted by Gasteiger charge is -2.09. The van der Waals surface area contributed by atoms with Crippen LogP contribution in [-0.4, -0.2) is 18.8 Å². The van der Waals surface area contributed by atoms with Gasteiger partial charge in [-0.3, -0.25) is 9.59 Å². The van der Waals surface area contributed by atoms with Crippen molar-refractivity contribution in [2.75, 3.05) is 11.9 Å². The maximum Gasteiger partial charge on any atom is 0.416 e. The van der Waals surface area contributed by atoms with Crippen LogP contribution in [0.15, 0.2) is 48.5 Å². The largest absolute Gasteiger partial charge is 0.484 e. The number of hydrogen-bond donors (Lipinski definition) is 1. The maximum atomic E-state index is 12.4. The van der Waals surface area contributed by atoms with Gasteiger partial charge in [0.15, 0.2) is 6.61 Å². The Labute approximate surface area is 129 Å². The zero-order chi connectivity index (χ0) is 16.9. The average molecular weight is 323 g/mol. The molecule has 0 aliphatic carbocycles. The van der Waals surface area contributed by atoms with E-state index in [0.717, 1.165) is 24.3 Å². The predicted molar refractivity (Wildman–Crippen MR) is 77.4 cm³/mol. The smallest absolute Gasteiger partial charge is 0.416 e. The number of alkyl halides is 3. The summed E-state index contributed by atoms with van der Waals surface area (Å²) in [7, 11) is 0. The summed E-state index contributed by atoms with van der Waals surface area (Å²) in [6, 6.07) is 10.3. The van der Waals surface area contributed by atoms with Crippen molar-refractivity contribution in [2.45, 2.75) is 6.18 Å². The highest BCUT2D eigenvalue weighted by molar-refractivity contribution is 5.91. The predicted octanol–water partition coefficient (Wildman–Crippen LogP) is 3.54. The molecule has 4 nitrogen and oxygen atoms in total. The molecule has 0 fully saturated rings. The van der Waals surface area contributed by atoms with Crippen LogP contribution in [0.5, 0.6) is 5.75 Å². The molecule has 0 heterocycles. The van der Waals surface area contributed by atoms with Crippen molar-refractivity contribution in [3.05, 3.63) is 59.7 Å². The molecule has 0 saturated carbocycles. The molecule has 23 heavy (non-hydrogen) atoms. The quantitative estimate of drug-likeness (QED) is 0.856. The third-order valence-corrected chi connectivity index (χ3v) is 2.86. The van der Waals surface area contributed by atoms with E-state index in [0.29, 0.717) is 17.6 Å². The topological polar surface area (TPSA) is 55.4 Å². The first-order valence-corrected chi connectivity index (χ1v) is 6.53. The van der Waals surface area contributed by atoms with Crippen LogP contribution in [-0.2, 0) is 11.0 Å². The Morgan fingerprint density at radius 3 is 2.43 bits per heavy atom. The van der Waals surface area contributed by atoms with Gasteiger partial charge in [-0.1, -0.05) is 12.1 Å². The lowest BCUT2D eigenvalue weighted by atomic mass is 10.2. The zero-order valence-corrected chi connectivity index (χ0v) is 11.8. The summed E-state index contributed by atoms with van der Waals surface area (Å²) < 4.78 is 42.5. The number of anilines is 1. The number of amides is 1. The van der Waals surface area contributed by atoms with E-state index in [1.54, 1.807) is 18.2 Å². The first-order chi connectivity index (χ1) is 10.9. The van der Waals surface area contributed by atoms with E-state index in [9.17, 15) is 22.8 Å². The minimum atomic E-state index is -4.42. The Balaban J connectivity index is 1.90. The number of hydrogen-bond acceptors (Lipinski definition) is 3. The van der Waals surface area contributed by atoms with Gasteiger partial charge in [0.2, 0.25) is 0 Å². The third kappa shape index (κ3) is 4.84. The summed E-state index contributed by atoms with van der Waals surface area (Å²) in [4.78, 5) is 22.3. The highest BCUT2D eigenvalue weighted by Crippen LogP contribution is 2.29. The van der Waals surface area contributed by atoms with Crippen molar-refractivity contribution in [3.8, 4) is 5.75 Å². The minimum absolute atomic E-state index is 0.230. The van der Waals surface area contributed by atoms with Crippen LogP contribution in [0.25, 0.3) is 0 Å². The SMILES string of the molecule is O=Cc1cccc(OCC(=O)Nc2ccc(C(F)(F)F)cc2)c1. The molecule has 7 heteroatoms. The van der Waals surface area contributed by atoms with Crippen molar-refractivity contribution in [3.63, 3.8) is 0 Å². The van der Waals surface area contributed by atoms with Crippen LogP contribution in [0.3, 0.4) is 0 Å². The second-order valence-corrected chi connectivity index (χ2v) is 4.60. The molecule has 1 amide bonds. The van der Waals surface area contributed by atoms with E-state index >= 15 is 0 Å². The first-order valence-electron chi connectivity index (χ1n) is 6.53. The van der Waals surface area contributed by atoms with Crippen molar-refractivity contribution in [2.24, 2.45) is 0 Å². The Bertz CT molecular complexity index is 696. The number of halogens is 3. The molecule has 0 atom stereocenters. The standard InChI is InChI=1S/C16H12F3NO3/c17-16(18,19)12-4-6-13(7-5-12)20-15(22)10-23-14-3-1-2-11(8-14)9-21/h1-9H,10H2,(H,20,22). The van der Waals surface area contributed by atoms with Crippen molar-refractivity contribution in [1.82, 2.24) is 0 Å². The average Bonchev–Trinajstić information content (AvgIpc) is 2.53. The molecule has 1 N–H and O–H groups in total. The lowest BCUT2D eigenvalue weighted by Crippen LogP contribution is -2.20. The van der Waals surface area contributed by atoms with Gasteiger partial charge in [0.1, 0.15) is 12.0 Å². The number of carbonyl (C=O) groups excluding carboxylic acids is 2. The Hall–Kier alpha value is -2.83. The first kappa shape index (κ1) is 16.5. The molecule has 0 bridgehead atoms. The molecular formula is C16H12F3NO3. The van der Waals surface area contributed by atoms with E-state index in [2.05, 4.69) is 5.32 Å². The van der Waals surface area contributed by atoms with Crippen LogP contribution < -0.4 is 10.1 Å². The van der Waals surface area contributed by atoms with Crippen molar-refractivity contribution < 1.29 is 27.5 Å². The summed E-state index contributed by atoms with van der Waals surface area (Å²) >= 11 is 0. The fourth-order valence-electron chi connectivity index (χ4n) is 1.77. The fourth-order valence-corrected chi connectivity index (χ4v) is 1.77. The Morgan fingerprint density at radius 1 is 1.13 bits per heavy atom. The summed E-state index contributed by atoms with van der Waals surface area (Å²) in [5, 5.41) is 2.42. The number of carbonyl (C=O) groups is 2. The van der Waals surface area contributed by atoms with Crippen molar-refractivity contribution in [1.29, 1.82) is 0 Å². The molecule has 0 aliphatic heterocycles. The fraction of sp³-hybridized carbons (Fsp3) is 0.125. The minimum Gasteiger partial charge on any atom is -0.484 e. The monoisotopic (exact) mass is 323 g/mol. The summed E-state index contributed by atoms with van der Waals surface area (Å²) in [6.07, 6.45) is -3.77. The van der Waals surface area contributed by atoms with E-state index in [-0.39, 0.29) is 12.3 Å². The van der Waals surface area contributed by atoms with Gasteiger partial charge in [-0.15, -0.1) is 0 Å². The molecule has 2 aromatic rings. The molecule has 0 aliphatic rings. The summed E-state index contributed by atoms with van der Waals surface area (Å²) in [5.41, 5.74) is -0.156. The number of ether oxygens (including phenoxy) is 1. The molecule has 2 rings (SSSR count). The van der Waals surface area contributed by atoms with Gasteiger partial charge >= 0.3 is 6.18 Å². The number of nitrogens with one attached hydrogen (secondary N) is 1. The van der Waals surface area contributed by atoms with E-state index in [4.69, 9.17) is 4.74 Å². The van der Waals surface area contributed by atoms with Crippen molar-refractivity contribution >= 4 is 17.9 Å². The highest BCUT2D eigenvalue weighted by atomic mass is 19.4. The van der Waals surface area contributed by atoms with Crippen LogP contribution in [0.4, 0.5) is 18.9 Å². The molecule has 2 aromatic carbocycles. The lowest BCUT2D eigenvalue weighted by molar-refractivity contribution is -0.137. The van der Waals surface area contributed by atoms with Crippen LogP contribution in [0.1, 0.15) is 15.9 Å². The molecule has 0 saturated heterocycles. The number of aldehydes is 1. The number of rotatable bonds is 5. The Kier molecular flexibility index (Phi) is 5.00. The van der Waals surface area contributed by atoms with Gasteiger partial charge in [0.05, 0.1) is 5.56 Å². The Morgan fingerprint density at radius 2 is 1.83 bits per heavy atom. The number of benzene rings is 2. The molecule has 0 aromatic heterocycles. The van der Waals surface area contributed by atoms with Gasteiger partial charge in [-0.05, 0) is 36.4 Å². The second-order valence-electron chi connectivity index (χ2n) is 4.60. The maximum absolute atomic E-state index is 12.4. The zero-order valence-electron chi connectivity index (χ0n) is 11.8. The van der Waals surface area contributed by atoms with E-state index in [1.165, 1.54) is 6.07 Å². The van der Waals surface area contributed by atoms with E-state index < -0.39 is 17.6 Å². The molecule has 0 spiro atoms. The molecular weight excluding hydrogens is 311 g/mol. The van der Waals surface area contributed by atoms with Crippen LogP contribution in [0, 0.1) is 0 Å².